The monoisotopic (exact) mass is 395 g/mol. The van der Waals surface area contributed by atoms with Gasteiger partial charge >= 0.3 is 0 Å². The highest BCUT2D eigenvalue weighted by Gasteiger charge is 2.18. The number of aryl methyl sites for hydroxylation is 1. The third kappa shape index (κ3) is 2.49. The van der Waals surface area contributed by atoms with Crippen LogP contribution in [0, 0.1) is 10.5 Å². The summed E-state index contributed by atoms with van der Waals surface area (Å²) in [5.41, 5.74) is 8.49. The van der Waals surface area contributed by atoms with E-state index in [1.54, 1.807) is 7.11 Å². The fraction of sp³-hybridized carbons (Fsp3) is 0.200. The third-order valence-corrected chi connectivity index (χ3v) is 4.40. The molecule has 3 aromatic rings. The number of benzene rings is 1. The molecule has 6 heteroatoms. The zero-order valence-corrected chi connectivity index (χ0v) is 13.8. The molecule has 0 radical (unpaired) electrons. The van der Waals surface area contributed by atoms with Gasteiger partial charge in [0.05, 0.1) is 21.4 Å². The fourth-order valence-corrected chi connectivity index (χ4v) is 2.70. The SMILES string of the molecule is COCc1nc(-c2c(C)oc3ccccc23)nc(N)c1I. The minimum atomic E-state index is 0.396. The van der Waals surface area contributed by atoms with Crippen molar-refractivity contribution in [1.29, 1.82) is 0 Å². The van der Waals surface area contributed by atoms with Crippen molar-refractivity contribution in [3.8, 4) is 11.4 Å². The smallest absolute Gasteiger partial charge is 0.166 e. The van der Waals surface area contributed by atoms with Gasteiger partial charge in [-0.2, -0.15) is 0 Å². The molecule has 2 aromatic heterocycles. The molecule has 0 bridgehead atoms. The predicted molar refractivity (Wildman–Crippen MR) is 89.8 cm³/mol. The minimum Gasteiger partial charge on any atom is -0.461 e. The van der Waals surface area contributed by atoms with Crippen molar-refractivity contribution in [2.24, 2.45) is 0 Å². The predicted octanol–water partition coefficient (Wildman–Crippen LogP) is 3.53. The average Bonchev–Trinajstić information content (AvgIpc) is 2.79. The van der Waals surface area contributed by atoms with E-state index < -0.39 is 0 Å². The van der Waals surface area contributed by atoms with Crippen LogP contribution in [-0.4, -0.2) is 17.1 Å². The minimum absolute atomic E-state index is 0.396. The molecule has 0 aliphatic carbocycles. The van der Waals surface area contributed by atoms with Crippen molar-refractivity contribution in [3.63, 3.8) is 0 Å². The van der Waals surface area contributed by atoms with E-state index in [0.717, 1.165) is 31.6 Å². The molecule has 0 aliphatic rings. The Balaban J connectivity index is 2.25. The van der Waals surface area contributed by atoms with Gasteiger partial charge in [0.1, 0.15) is 17.2 Å². The first-order chi connectivity index (χ1) is 10.1. The lowest BCUT2D eigenvalue weighted by Gasteiger charge is -2.08. The molecule has 0 saturated carbocycles. The number of anilines is 1. The molecule has 21 heavy (non-hydrogen) atoms. The lowest BCUT2D eigenvalue weighted by molar-refractivity contribution is 0.181. The number of halogens is 1. The number of furan rings is 1. The van der Waals surface area contributed by atoms with Crippen LogP contribution in [0.1, 0.15) is 11.5 Å². The molecule has 2 N–H and O–H groups in total. The number of hydrogen-bond donors (Lipinski definition) is 1. The summed E-state index contributed by atoms with van der Waals surface area (Å²) >= 11 is 2.14. The molecule has 0 atom stereocenters. The van der Waals surface area contributed by atoms with E-state index >= 15 is 0 Å². The molecule has 1 aromatic carbocycles. The van der Waals surface area contributed by atoms with Gasteiger partial charge < -0.3 is 14.9 Å². The Labute approximate surface area is 135 Å². The van der Waals surface area contributed by atoms with Crippen LogP contribution in [0.15, 0.2) is 28.7 Å². The van der Waals surface area contributed by atoms with Gasteiger partial charge in [-0.1, -0.05) is 18.2 Å². The van der Waals surface area contributed by atoms with Gasteiger partial charge in [-0.05, 0) is 35.6 Å². The van der Waals surface area contributed by atoms with Crippen LogP contribution in [0.2, 0.25) is 0 Å². The highest BCUT2D eigenvalue weighted by atomic mass is 127. The maximum absolute atomic E-state index is 6.01. The number of fused-ring (bicyclic) bond motifs is 1. The van der Waals surface area contributed by atoms with Crippen molar-refractivity contribution in [2.75, 3.05) is 12.8 Å². The second kappa shape index (κ2) is 5.61. The maximum atomic E-state index is 6.01. The van der Waals surface area contributed by atoms with Crippen molar-refractivity contribution in [1.82, 2.24) is 9.97 Å². The van der Waals surface area contributed by atoms with Crippen LogP contribution in [0.25, 0.3) is 22.4 Å². The van der Waals surface area contributed by atoms with E-state index in [1.165, 1.54) is 0 Å². The van der Waals surface area contributed by atoms with Gasteiger partial charge in [0.2, 0.25) is 0 Å². The van der Waals surface area contributed by atoms with E-state index in [-0.39, 0.29) is 0 Å². The van der Waals surface area contributed by atoms with Crippen molar-refractivity contribution < 1.29 is 9.15 Å². The second-order valence-electron chi connectivity index (χ2n) is 4.66. The Morgan fingerprint density at radius 1 is 1.29 bits per heavy atom. The summed E-state index contributed by atoms with van der Waals surface area (Å²) in [7, 11) is 1.63. The number of nitrogen functional groups attached to an aromatic ring is 1. The lowest BCUT2D eigenvalue weighted by atomic mass is 10.1. The van der Waals surface area contributed by atoms with Gasteiger partial charge in [0.25, 0.3) is 0 Å². The highest BCUT2D eigenvalue weighted by molar-refractivity contribution is 14.1. The normalized spacial score (nSPS) is 11.2. The first-order valence-electron chi connectivity index (χ1n) is 6.41. The van der Waals surface area contributed by atoms with Crippen molar-refractivity contribution >= 4 is 39.4 Å². The molecule has 0 spiro atoms. The first kappa shape index (κ1) is 14.3. The second-order valence-corrected chi connectivity index (χ2v) is 5.73. The molecule has 0 unspecified atom stereocenters. The number of ether oxygens (including phenoxy) is 1. The Hall–Kier alpha value is -1.67. The van der Waals surface area contributed by atoms with Crippen LogP contribution in [-0.2, 0) is 11.3 Å². The molecule has 2 heterocycles. The number of nitrogens with zero attached hydrogens (tertiary/aromatic N) is 2. The summed E-state index contributed by atoms with van der Waals surface area (Å²) in [4.78, 5) is 9.01. The molecule has 0 amide bonds. The Bertz CT molecular complexity index is 814. The average molecular weight is 395 g/mol. The summed E-state index contributed by atoms with van der Waals surface area (Å²) in [5.74, 6) is 1.81. The standard InChI is InChI=1S/C15H14IN3O2/c1-8-12(9-5-3-4-6-11(9)21-8)15-18-10(7-20-2)13(16)14(17)19-15/h3-6H,7H2,1-2H3,(H2,17,18,19). The zero-order valence-electron chi connectivity index (χ0n) is 11.7. The molecular formula is C15H14IN3O2. The van der Waals surface area contributed by atoms with Crippen LogP contribution in [0.4, 0.5) is 5.82 Å². The number of rotatable bonds is 3. The van der Waals surface area contributed by atoms with E-state index in [0.29, 0.717) is 18.2 Å². The Morgan fingerprint density at radius 3 is 2.81 bits per heavy atom. The van der Waals surface area contributed by atoms with Gasteiger partial charge in [-0.3, -0.25) is 0 Å². The molecule has 5 nitrogen and oxygen atoms in total. The van der Waals surface area contributed by atoms with Gasteiger partial charge in [-0.25, -0.2) is 9.97 Å². The van der Waals surface area contributed by atoms with Crippen LogP contribution in [0.3, 0.4) is 0 Å². The molecule has 3 rings (SSSR count). The number of aromatic nitrogens is 2. The fourth-order valence-electron chi connectivity index (χ4n) is 2.30. The van der Waals surface area contributed by atoms with Gasteiger partial charge in [0.15, 0.2) is 5.82 Å². The number of nitrogens with two attached hydrogens (primary N) is 1. The summed E-state index contributed by atoms with van der Waals surface area (Å²) in [5, 5.41) is 0.985. The van der Waals surface area contributed by atoms with Crippen molar-refractivity contribution in [2.45, 2.75) is 13.5 Å². The summed E-state index contributed by atoms with van der Waals surface area (Å²) < 4.78 is 11.8. The Morgan fingerprint density at radius 2 is 2.05 bits per heavy atom. The molecular weight excluding hydrogens is 381 g/mol. The molecule has 0 saturated heterocycles. The van der Waals surface area contributed by atoms with Gasteiger partial charge in [-0.15, -0.1) is 0 Å². The number of para-hydroxylation sites is 1. The van der Waals surface area contributed by atoms with Crippen LogP contribution in [0.5, 0.6) is 0 Å². The first-order valence-corrected chi connectivity index (χ1v) is 7.49. The van der Waals surface area contributed by atoms with Crippen molar-refractivity contribution in [3.05, 3.63) is 39.3 Å². The number of hydrogen-bond acceptors (Lipinski definition) is 5. The largest absolute Gasteiger partial charge is 0.461 e. The summed E-state index contributed by atoms with van der Waals surface area (Å²) in [6, 6.07) is 7.83. The highest BCUT2D eigenvalue weighted by Crippen LogP contribution is 2.33. The van der Waals surface area contributed by atoms with E-state index in [1.807, 2.05) is 31.2 Å². The number of methoxy groups -OCH3 is 1. The Kier molecular flexibility index (Phi) is 3.81. The van der Waals surface area contributed by atoms with Crippen LogP contribution >= 0.6 is 22.6 Å². The summed E-state index contributed by atoms with van der Waals surface area (Å²) in [6.45, 7) is 2.30. The molecule has 0 fully saturated rings. The van der Waals surface area contributed by atoms with E-state index in [2.05, 4.69) is 32.6 Å². The molecule has 108 valence electrons. The summed E-state index contributed by atoms with van der Waals surface area (Å²) in [6.07, 6.45) is 0. The molecule has 0 aliphatic heterocycles. The third-order valence-electron chi connectivity index (χ3n) is 3.22. The van der Waals surface area contributed by atoms with E-state index in [9.17, 15) is 0 Å². The quantitative estimate of drug-likeness (QED) is 0.687. The topological polar surface area (TPSA) is 74.2 Å². The zero-order chi connectivity index (χ0) is 15.0. The van der Waals surface area contributed by atoms with Crippen LogP contribution < -0.4 is 5.73 Å². The van der Waals surface area contributed by atoms with E-state index in [4.69, 9.17) is 14.9 Å². The maximum Gasteiger partial charge on any atom is 0.166 e. The lowest BCUT2D eigenvalue weighted by Crippen LogP contribution is -2.06. The van der Waals surface area contributed by atoms with Gasteiger partial charge in [0, 0.05) is 12.5 Å².